The molecule has 0 saturated heterocycles. The molecule has 0 radical (unpaired) electrons. The zero-order valence-corrected chi connectivity index (χ0v) is 10.6. The van der Waals surface area contributed by atoms with E-state index in [0.29, 0.717) is 23.6 Å². The van der Waals surface area contributed by atoms with Crippen LogP contribution in [0.15, 0.2) is 0 Å². The van der Waals surface area contributed by atoms with Gasteiger partial charge in [-0.2, -0.15) is 5.10 Å². The first-order valence-electron chi connectivity index (χ1n) is 5.12. The number of H-pyrrole nitrogens is 1. The van der Waals surface area contributed by atoms with E-state index in [1.54, 1.807) is 13.2 Å². The number of aryl methyl sites for hydroxylation is 2. The first-order valence-corrected chi connectivity index (χ1v) is 6.85. The van der Waals surface area contributed by atoms with Crippen molar-refractivity contribution >= 4 is 16.7 Å². The second kappa shape index (κ2) is 5.79. The highest BCUT2D eigenvalue weighted by Crippen LogP contribution is 2.08. The van der Waals surface area contributed by atoms with Crippen LogP contribution >= 0.6 is 0 Å². The third kappa shape index (κ3) is 3.44. The fraction of sp³-hybridized carbons (Fsp3) is 0.600. The molecule has 16 heavy (non-hydrogen) atoms. The molecule has 1 heterocycles. The molecule has 0 fully saturated rings. The van der Waals surface area contributed by atoms with E-state index in [0.717, 1.165) is 12.1 Å². The highest BCUT2D eigenvalue weighted by atomic mass is 32.2. The minimum Gasteiger partial charge on any atom is -0.352 e. The van der Waals surface area contributed by atoms with E-state index < -0.39 is 10.8 Å². The predicted octanol–water partition coefficient (Wildman–Crippen LogP) is 0.525. The van der Waals surface area contributed by atoms with Crippen LogP contribution in [0.4, 0.5) is 0 Å². The van der Waals surface area contributed by atoms with Gasteiger partial charge in [0.05, 0.1) is 11.3 Å². The molecule has 0 aliphatic rings. The van der Waals surface area contributed by atoms with Crippen molar-refractivity contribution in [3.8, 4) is 0 Å². The van der Waals surface area contributed by atoms with Crippen LogP contribution in [0.5, 0.6) is 0 Å². The molecule has 0 spiro atoms. The van der Waals surface area contributed by atoms with Crippen molar-refractivity contribution < 1.29 is 9.00 Å². The normalized spacial score (nSPS) is 12.4. The fourth-order valence-electron chi connectivity index (χ4n) is 1.45. The third-order valence-corrected chi connectivity index (χ3v) is 3.11. The number of rotatable bonds is 5. The Kier molecular flexibility index (Phi) is 4.67. The molecule has 1 rings (SSSR count). The third-order valence-electron chi connectivity index (χ3n) is 2.25. The summed E-state index contributed by atoms with van der Waals surface area (Å²) in [5.74, 6) is 0.495. The highest BCUT2D eigenvalue weighted by molar-refractivity contribution is 7.84. The number of carbonyl (C=O) groups is 1. The first kappa shape index (κ1) is 12.9. The average molecular weight is 243 g/mol. The Balaban J connectivity index is 2.44. The molecule has 1 unspecified atom stereocenters. The predicted molar refractivity (Wildman–Crippen MR) is 63.9 cm³/mol. The quantitative estimate of drug-likeness (QED) is 0.741. The molecule has 6 heteroatoms. The Hall–Kier alpha value is -1.17. The molecule has 0 saturated carbocycles. The molecule has 1 aromatic rings. The molecule has 1 amide bonds. The topological polar surface area (TPSA) is 74.8 Å². The second-order valence-electron chi connectivity index (χ2n) is 3.70. The number of nitrogens with zero attached hydrogens (tertiary/aromatic N) is 1. The molecule has 90 valence electrons. The number of carbonyl (C=O) groups excluding carboxylic acids is 1. The summed E-state index contributed by atoms with van der Waals surface area (Å²) < 4.78 is 10.8. The summed E-state index contributed by atoms with van der Waals surface area (Å²) in [4.78, 5) is 11.7. The van der Waals surface area contributed by atoms with Crippen molar-refractivity contribution in [2.45, 2.75) is 20.3 Å². The Morgan fingerprint density at radius 3 is 2.69 bits per heavy atom. The highest BCUT2D eigenvalue weighted by Gasteiger charge is 2.14. The number of aromatic amines is 1. The maximum absolute atomic E-state index is 11.7. The van der Waals surface area contributed by atoms with Crippen LogP contribution in [-0.4, -0.2) is 38.9 Å². The van der Waals surface area contributed by atoms with E-state index in [1.807, 2.05) is 6.92 Å². The van der Waals surface area contributed by atoms with Crippen LogP contribution in [0.3, 0.4) is 0 Å². The van der Waals surface area contributed by atoms with E-state index in [1.165, 1.54) is 0 Å². The summed E-state index contributed by atoms with van der Waals surface area (Å²) in [5, 5.41) is 9.51. The summed E-state index contributed by atoms with van der Waals surface area (Å²) in [7, 11) is -0.796. The van der Waals surface area contributed by atoms with E-state index in [4.69, 9.17) is 0 Å². The van der Waals surface area contributed by atoms with Gasteiger partial charge in [-0.1, -0.05) is 0 Å². The Labute approximate surface area is 97.5 Å². The van der Waals surface area contributed by atoms with Gasteiger partial charge < -0.3 is 5.32 Å². The van der Waals surface area contributed by atoms with Crippen molar-refractivity contribution in [2.24, 2.45) is 0 Å². The van der Waals surface area contributed by atoms with Gasteiger partial charge in [0.1, 0.15) is 0 Å². The van der Waals surface area contributed by atoms with Crippen molar-refractivity contribution in [3.63, 3.8) is 0 Å². The molecule has 0 aliphatic carbocycles. The standard InChI is InChI=1S/C10H17N3O2S/c1-7-9(8(2)13-12-7)10(14)11-5-4-6-16(3)15/h4-6H2,1-3H3,(H,11,14)(H,12,13). The Bertz CT molecular complexity index is 381. The van der Waals surface area contributed by atoms with Gasteiger partial charge in [-0.3, -0.25) is 14.1 Å². The molecule has 0 aliphatic heterocycles. The molecule has 2 N–H and O–H groups in total. The number of hydrogen-bond donors (Lipinski definition) is 2. The van der Waals surface area contributed by atoms with Crippen molar-refractivity contribution in [1.82, 2.24) is 15.5 Å². The number of nitrogens with one attached hydrogen (secondary N) is 2. The number of amides is 1. The van der Waals surface area contributed by atoms with E-state index in [-0.39, 0.29) is 5.91 Å². The minimum absolute atomic E-state index is 0.120. The van der Waals surface area contributed by atoms with Crippen molar-refractivity contribution in [3.05, 3.63) is 17.0 Å². The van der Waals surface area contributed by atoms with Crippen LogP contribution in [0.1, 0.15) is 28.2 Å². The Morgan fingerprint density at radius 1 is 1.50 bits per heavy atom. The number of hydrogen-bond acceptors (Lipinski definition) is 3. The van der Waals surface area contributed by atoms with E-state index in [9.17, 15) is 9.00 Å². The molecule has 1 atom stereocenters. The lowest BCUT2D eigenvalue weighted by molar-refractivity contribution is 0.0952. The van der Waals surface area contributed by atoms with Gasteiger partial charge in [0.2, 0.25) is 0 Å². The summed E-state index contributed by atoms with van der Waals surface area (Å²) in [5.41, 5.74) is 2.08. The van der Waals surface area contributed by atoms with Crippen LogP contribution in [0, 0.1) is 13.8 Å². The lowest BCUT2D eigenvalue weighted by atomic mass is 10.2. The molecule has 1 aromatic heterocycles. The van der Waals surface area contributed by atoms with E-state index in [2.05, 4.69) is 15.5 Å². The monoisotopic (exact) mass is 243 g/mol. The molecule has 0 aromatic carbocycles. The zero-order chi connectivity index (χ0) is 12.1. The first-order chi connectivity index (χ1) is 7.52. The maximum Gasteiger partial charge on any atom is 0.255 e. The molecular formula is C10H17N3O2S. The SMILES string of the molecule is Cc1n[nH]c(C)c1C(=O)NCCCS(C)=O. The second-order valence-corrected chi connectivity index (χ2v) is 5.25. The van der Waals surface area contributed by atoms with Crippen LogP contribution in [0.2, 0.25) is 0 Å². The molecule has 0 bridgehead atoms. The van der Waals surface area contributed by atoms with Gasteiger partial charge in [0.15, 0.2) is 0 Å². The van der Waals surface area contributed by atoms with E-state index >= 15 is 0 Å². The smallest absolute Gasteiger partial charge is 0.255 e. The molecule has 5 nitrogen and oxygen atoms in total. The largest absolute Gasteiger partial charge is 0.352 e. The molecular weight excluding hydrogens is 226 g/mol. The van der Waals surface area contributed by atoms with Gasteiger partial charge >= 0.3 is 0 Å². The lowest BCUT2D eigenvalue weighted by Gasteiger charge is -2.04. The van der Waals surface area contributed by atoms with Crippen LogP contribution in [-0.2, 0) is 10.8 Å². The zero-order valence-electron chi connectivity index (χ0n) is 9.79. The fourth-order valence-corrected chi connectivity index (χ4v) is 2.00. The van der Waals surface area contributed by atoms with Gasteiger partial charge in [-0.15, -0.1) is 0 Å². The average Bonchev–Trinajstić information content (AvgIpc) is 2.53. The van der Waals surface area contributed by atoms with Crippen LogP contribution < -0.4 is 5.32 Å². The van der Waals surface area contributed by atoms with Crippen LogP contribution in [0.25, 0.3) is 0 Å². The van der Waals surface area contributed by atoms with Gasteiger partial charge in [0, 0.05) is 35.0 Å². The van der Waals surface area contributed by atoms with Crippen molar-refractivity contribution in [2.75, 3.05) is 18.6 Å². The van der Waals surface area contributed by atoms with Crippen molar-refractivity contribution in [1.29, 1.82) is 0 Å². The minimum atomic E-state index is -0.796. The summed E-state index contributed by atoms with van der Waals surface area (Å²) in [6, 6.07) is 0. The Morgan fingerprint density at radius 2 is 2.19 bits per heavy atom. The maximum atomic E-state index is 11.7. The lowest BCUT2D eigenvalue weighted by Crippen LogP contribution is -2.26. The summed E-state index contributed by atoms with van der Waals surface area (Å²) in [6.07, 6.45) is 2.39. The van der Waals surface area contributed by atoms with Gasteiger partial charge in [-0.25, -0.2) is 0 Å². The summed E-state index contributed by atoms with van der Waals surface area (Å²) >= 11 is 0. The number of aromatic nitrogens is 2. The van der Waals surface area contributed by atoms with Gasteiger partial charge in [-0.05, 0) is 20.3 Å². The van der Waals surface area contributed by atoms with Gasteiger partial charge in [0.25, 0.3) is 5.91 Å². The summed E-state index contributed by atoms with van der Waals surface area (Å²) in [6.45, 7) is 4.15.